The minimum absolute atomic E-state index is 0.0740. The van der Waals surface area contributed by atoms with Crippen molar-refractivity contribution in [3.63, 3.8) is 0 Å². The van der Waals surface area contributed by atoms with Crippen molar-refractivity contribution in [3.05, 3.63) is 22.7 Å². The van der Waals surface area contributed by atoms with Gasteiger partial charge in [-0.25, -0.2) is 4.79 Å². The quantitative estimate of drug-likeness (QED) is 0.332. The first-order valence-corrected chi connectivity index (χ1v) is 10.2. The average molecular weight is 399 g/mol. The predicted octanol–water partition coefficient (Wildman–Crippen LogP) is -4.55. The SMILES string of the molecule is Nc1ccn([C@@H]2O[C@H](COP(=O)(O)C[P+]([O-])([O-])[O-])[C@@H](O)[C@H]2O)c(=O)n1. The Morgan fingerprint density at radius 3 is 2.60 bits per heavy atom. The Labute approximate surface area is 141 Å². The van der Waals surface area contributed by atoms with Crippen LogP contribution in [0.4, 0.5) is 5.82 Å². The number of aliphatic hydroxyl groups excluding tert-OH is 2. The summed E-state index contributed by atoms with van der Waals surface area (Å²) in [6, 6.07) is 1.25. The van der Waals surface area contributed by atoms with Crippen molar-refractivity contribution in [1.29, 1.82) is 0 Å². The summed E-state index contributed by atoms with van der Waals surface area (Å²) in [5.41, 5.74) is 4.46. The van der Waals surface area contributed by atoms with Crippen molar-refractivity contribution >= 4 is 21.4 Å². The number of nitrogens with zero attached hydrogens (tertiary/aromatic N) is 2. The van der Waals surface area contributed by atoms with E-state index >= 15 is 0 Å². The summed E-state index contributed by atoms with van der Waals surface area (Å²) in [6.45, 7) is -0.806. The Kier molecular flexibility index (Phi) is 5.96. The van der Waals surface area contributed by atoms with E-state index in [0.29, 0.717) is 0 Å². The monoisotopic (exact) mass is 399 g/mol. The van der Waals surface area contributed by atoms with Crippen LogP contribution in [0.5, 0.6) is 0 Å². The summed E-state index contributed by atoms with van der Waals surface area (Å²) in [5.74, 6) is -1.70. The molecule has 0 spiro atoms. The highest BCUT2D eigenvalue weighted by atomic mass is 31.3. The van der Waals surface area contributed by atoms with E-state index in [-0.39, 0.29) is 5.82 Å². The van der Waals surface area contributed by atoms with Gasteiger partial charge in [0.25, 0.3) is 0 Å². The van der Waals surface area contributed by atoms with Crippen LogP contribution in [0.25, 0.3) is 0 Å². The van der Waals surface area contributed by atoms with Gasteiger partial charge in [0.2, 0.25) is 0 Å². The third kappa shape index (κ3) is 5.25. The number of nitrogen functional groups attached to an aromatic ring is 1. The fourth-order valence-electron chi connectivity index (χ4n) is 2.17. The number of ether oxygens (including phenoxy) is 1. The van der Waals surface area contributed by atoms with Crippen LogP contribution in [0.15, 0.2) is 17.1 Å². The molecule has 1 aromatic heterocycles. The summed E-state index contributed by atoms with van der Waals surface area (Å²) in [5, 5.41) is 19.9. The van der Waals surface area contributed by atoms with E-state index in [1.54, 1.807) is 0 Å². The van der Waals surface area contributed by atoms with E-state index < -0.39 is 58.3 Å². The predicted molar refractivity (Wildman–Crippen MR) is 76.4 cm³/mol. The minimum atomic E-state index is -5.30. The second-order valence-electron chi connectivity index (χ2n) is 5.27. The smallest absolute Gasteiger partial charge is 0.363 e. The van der Waals surface area contributed by atoms with Gasteiger partial charge in [-0.05, 0) is 6.07 Å². The zero-order valence-electron chi connectivity index (χ0n) is 12.4. The fourth-order valence-corrected chi connectivity index (χ4v) is 4.62. The van der Waals surface area contributed by atoms with Crippen LogP contribution in [0.3, 0.4) is 0 Å². The van der Waals surface area contributed by atoms with Gasteiger partial charge in [-0.15, -0.1) is 0 Å². The van der Waals surface area contributed by atoms with Crippen molar-refractivity contribution in [2.24, 2.45) is 0 Å². The minimum Gasteiger partial charge on any atom is -0.687 e. The van der Waals surface area contributed by atoms with Crippen LogP contribution in [0.2, 0.25) is 0 Å². The number of anilines is 1. The van der Waals surface area contributed by atoms with Crippen molar-refractivity contribution in [3.8, 4) is 0 Å². The molecule has 0 radical (unpaired) electrons. The maximum atomic E-state index is 11.7. The number of hydrogen-bond acceptors (Lipinski definition) is 11. The van der Waals surface area contributed by atoms with Gasteiger partial charge >= 0.3 is 13.3 Å². The van der Waals surface area contributed by atoms with Gasteiger partial charge in [0.15, 0.2) is 6.23 Å². The highest BCUT2D eigenvalue weighted by Crippen LogP contribution is 2.53. The Morgan fingerprint density at radius 2 is 2.04 bits per heavy atom. The second-order valence-corrected chi connectivity index (χ2v) is 9.16. The molecule has 5 N–H and O–H groups in total. The number of aliphatic hydroxyl groups is 2. The highest BCUT2D eigenvalue weighted by molar-refractivity contribution is 7.71. The maximum Gasteiger partial charge on any atom is 0.363 e. The zero-order chi connectivity index (χ0) is 19.0. The van der Waals surface area contributed by atoms with E-state index in [1.807, 2.05) is 0 Å². The zero-order valence-corrected chi connectivity index (χ0v) is 14.2. The van der Waals surface area contributed by atoms with Crippen molar-refractivity contribution < 1.29 is 43.6 Å². The number of aromatic nitrogens is 2. The molecule has 1 aromatic rings. The Bertz CT molecular complexity index is 722. The van der Waals surface area contributed by atoms with Crippen molar-refractivity contribution in [2.45, 2.75) is 24.5 Å². The summed E-state index contributed by atoms with van der Waals surface area (Å²) in [4.78, 5) is 56.1. The molecule has 0 aromatic carbocycles. The summed E-state index contributed by atoms with van der Waals surface area (Å²) in [7, 11) is -10.1. The molecule has 15 heteroatoms. The molecule has 1 fully saturated rings. The second kappa shape index (κ2) is 7.33. The van der Waals surface area contributed by atoms with E-state index in [4.69, 9.17) is 10.5 Å². The molecule has 0 bridgehead atoms. The first-order valence-electron chi connectivity index (χ1n) is 6.73. The molecular formula is C10H15N3O10P2-2. The molecule has 2 heterocycles. The summed E-state index contributed by atoms with van der Waals surface area (Å²) >= 11 is 0. The Balaban J connectivity index is 2.07. The molecule has 142 valence electrons. The molecule has 5 atom stereocenters. The molecule has 2 rings (SSSR count). The number of hydrogen-bond donors (Lipinski definition) is 4. The average Bonchev–Trinajstić information content (AvgIpc) is 2.71. The maximum absolute atomic E-state index is 11.7. The van der Waals surface area contributed by atoms with Crippen LogP contribution >= 0.6 is 15.5 Å². The van der Waals surface area contributed by atoms with Gasteiger partial charge in [-0.1, -0.05) is 0 Å². The Morgan fingerprint density at radius 1 is 1.40 bits per heavy atom. The lowest BCUT2D eigenvalue weighted by molar-refractivity contribution is -0.426. The topological polar surface area (TPSA) is 226 Å². The lowest BCUT2D eigenvalue weighted by atomic mass is 10.1. The first kappa shape index (κ1) is 20.3. The summed E-state index contributed by atoms with van der Waals surface area (Å²) < 4.78 is 22.0. The summed E-state index contributed by atoms with van der Waals surface area (Å²) in [6.07, 6.45) is -4.83. The van der Waals surface area contributed by atoms with Crippen molar-refractivity contribution in [1.82, 2.24) is 9.55 Å². The van der Waals surface area contributed by atoms with E-state index in [0.717, 1.165) is 10.8 Å². The fraction of sp³-hybridized carbons (Fsp3) is 0.600. The normalized spacial score (nSPS) is 29.5. The van der Waals surface area contributed by atoms with Crippen LogP contribution in [-0.2, 0) is 13.8 Å². The molecule has 0 amide bonds. The van der Waals surface area contributed by atoms with Gasteiger partial charge in [0.1, 0.15) is 30.0 Å². The standard InChI is InChI=1S/C10H17N3O10P2/c11-6-1-2-13(10(16)12-6)9-8(15)7(14)5(23-9)3-22-25(20,21)4-24(17,18)19/h1-2,5,7-9,14-15H,3-4H2,(H,20,21)(H2,11,12,16)(H2,17,18,19)/p-2/t5-,7-,8-,9-/m1/s1. The molecule has 25 heavy (non-hydrogen) atoms. The van der Waals surface area contributed by atoms with E-state index in [2.05, 4.69) is 9.51 Å². The van der Waals surface area contributed by atoms with E-state index in [1.165, 1.54) is 6.07 Å². The lowest BCUT2D eigenvalue weighted by Crippen LogP contribution is -2.36. The van der Waals surface area contributed by atoms with Crippen LogP contribution in [0, 0.1) is 0 Å². The molecule has 13 nitrogen and oxygen atoms in total. The molecular weight excluding hydrogens is 384 g/mol. The Hall–Kier alpha value is -0.980. The van der Waals surface area contributed by atoms with Gasteiger partial charge in [0.05, 0.1) is 6.61 Å². The molecule has 1 saturated heterocycles. The van der Waals surface area contributed by atoms with Crippen molar-refractivity contribution in [2.75, 3.05) is 18.2 Å². The highest BCUT2D eigenvalue weighted by Gasteiger charge is 2.45. The molecule has 0 aliphatic carbocycles. The third-order valence-corrected chi connectivity index (χ3v) is 6.62. The van der Waals surface area contributed by atoms with Gasteiger partial charge in [-0.2, -0.15) is 12.9 Å². The number of nitrogens with two attached hydrogens (primary N) is 1. The van der Waals surface area contributed by atoms with Gasteiger partial charge in [0, 0.05) is 6.20 Å². The van der Waals surface area contributed by atoms with Crippen LogP contribution in [-0.4, -0.2) is 55.5 Å². The van der Waals surface area contributed by atoms with E-state index in [9.17, 15) is 39.1 Å². The van der Waals surface area contributed by atoms with Crippen LogP contribution < -0.4 is 26.1 Å². The molecule has 0 saturated carbocycles. The third-order valence-electron chi connectivity index (χ3n) is 3.26. The molecule has 1 aliphatic rings. The van der Waals surface area contributed by atoms with Gasteiger partial charge in [-0.3, -0.25) is 9.13 Å². The molecule has 1 aliphatic heterocycles. The number of rotatable bonds is 6. The molecule has 1 unspecified atom stereocenters. The first-order chi connectivity index (χ1) is 11.4. The van der Waals surface area contributed by atoms with Gasteiger partial charge < -0.3 is 44.8 Å². The lowest BCUT2D eigenvalue weighted by Gasteiger charge is -2.42. The largest absolute Gasteiger partial charge is 0.687 e. The van der Waals surface area contributed by atoms with Crippen LogP contribution in [0.1, 0.15) is 6.23 Å².